The van der Waals surface area contributed by atoms with Crippen LogP contribution < -0.4 is 4.74 Å². The van der Waals surface area contributed by atoms with E-state index < -0.39 is 20.8 Å². The molecule has 2 unspecified atom stereocenters. The smallest absolute Gasteiger partial charge is 0.272 e. The number of furan rings is 1. The van der Waals surface area contributed by atoms with Gasteiger partial charge in [0.1, 0.15) is 16.8 Å². The monoisotopic (exact) mass is 512 g/mol. The van der Waals surface area contributed by atoms with Crippen LogP contribution >= 0.6 is 0 Å². The van der Waals surface area contributed by atoms with Crippen LogP contribution in [0.1, 0.15) is 58.8 Å². The fraction of sp³-hybridized carbons (Fsp3) is 0.500. The van der Waals surface area contributed by atoms with Crippen LogP contribution in [0, 0.1) is 31.6 Å². The molecule has 0 fully saturated rings. The van der Waals surface area contributed by atoms with E-state index >= 15 is 0 Å². The number of allylic oxidation sites excluding steroid dienone is 3. The SMILES string of the molecule is COc1cc2c(C3(C(C)C)C=C(C(C)C)C=C(C(C)C)C3S(=O)(=O)O)nc(C)nc2c2cc(C)oc12. The van der Waals surface area contributed by atoms with Crippen molar-refractivity contribution in [1.82, 2.24) is 9.97 Å². The lowest BCUT2D eigenvalue weighted by Gasteiger charge is -2.45. The number of benzene rings is 1. The number of nitrogens with zero attached hydrogens (tertiary/aromatic N) is 2. The van der Waals surface area contributed by atoms with Gasteiger partial charge in [0.05, 0.1) is 29.1 Å². The molecule has 1 N–H and O–H groups in total. The molecule has 36 heavy (non-hydrogen) atoms. The first-order chi connectivity index (χ1) is 16.7. The predicted molar refractivity (Wildman–Crippen MR) is 143 cm³/mol. The molecule has 0 aliphatic heterocycles. The summed E-state index contributed by atoms with van der Waals surface area (Å²) < 4.78 is 48.8. The van der Waals surface area contributed by atoms with E-state index in [9.17, 15) is 13.0 Å². The van der Waals surface area contributed by atoms with Gasteiger partial charge in [-0.05, 0) is 54.9 Å². The summed E-state index contributed by atoms with van der Waals surface area (Å²) in [5.74, 6) is 1.55. The van der Waals surface area contributed by atoms with Gasteiger partial charge in [-0.15, -0.1) is 0 Å². The molecule has 2 atom stereocenters. The molecular weight excluding hydrogens is 476 g/mol. The molecule has 0 radical (unpaired) electrons. The quantitative estimate of drug-likeness (QED) is 0.385. The lowest BCUT2D eigenvalue weighted by Crippen LogP contribution is -2.51. The summed E-state index contributed by atoms with van der Waals surface area (Å²) in [5, 5.41) is 0.259. The number of hydrogen-bond donors (Lipinski definition) is 1. The van der Waals surface area contributed by atoms with Crippen molar-refractivity contribution in [2.45, 2.75) is 66.1 Å². The number of aryl methyl sites for hydroxylation is 2. The average Bonchev–Trinajstić information content (AvgIpc) is 3.18. The molecule has 1 aromatic carbocycles. The maximum absolute atomic E-state index is 13.2. The minimum Gasteiger partial charge on any atom is -0.493 e. The third-order valence-corrected chi connectivity index (χ3v) is 8.62. The van der Waals surface area contributed by atoms with Gasteiger partial charge in [0.2, 0.25) is 0 Å². The van der Waals surface area contributed by atoms with Crippen molar-refractivity contribution < 1.29 is 22.1 Å². The molecule has 7 nitrogen and oxygen atoms in total. The van der Waals surface area contributed by atoms with Crippen molar-refractivity contribution in [1.29, 1.82) is 0 Å². The van der Waals surface area contributed by atoms with E-state index in [4.69, 9.17) is 19.1 Å². The van der Waals surface area contributed by atoms with E-state index in [1.54, 1.807) is 14.0 Å². The number of ether oxygens (including phenoxy) is 1. The Morgan fingerprint density at radius 1 is 1.03 bits per heavy atom. The second-order valence-corrected chi connectivity index (χ2v) is 12.3. The van der Waals surface area contributed by atoms with Crippen LogP contribution in [0.5, 0.6) is 5.75 Å². The second-order valence-electron chi connectivity index (χ2n) is 10.8. The molecule has 1 aliphatic rings. The van der Waals surface area contributed by atoms with Crippen molar-refractivity contribution in [3.8, 4) is 5.75 Å². The highest BCUT2D eigenvalue weighted by Gasteiger charge is 2.54. The molecule has 2 heterocycles. The van der Waals surface area contributed by atoms with Crippen molar-refractivity contribution in [2.75, 3.05) is 7.11 Å². The van der Waals surface area contributed by atoms with E-state index in [1.165, 1.54) is 0 Å². The Balaban J connectivity index is 2.26. The number of rotatable bonds is 6. The molecule has 0 spiro atoms. The number of methoxy groups -OCH3 is 1. The lowest BCUT2D eigenvalue weighted by atomic mass is 9.63. The maximum Gasteiger partial charge on any atom is 0.272 e. The Kier molecular flexibility index (Phi) is 6.58. The van der Waals surface area contributed by atoms with E-state index in [0.29, 0.717) is 45.1 Å². The van der Waals surface area contributed by atoms with Gasteiger partial charge < -0.3 is 9.15 Å². The van der Waals surface area contributed by atoms with Crippen LogP contribution in [0.2, 0.25) is 0 Å². The molecule has 0 bridgehead atoms. The first-order valence-electron chi connectivity index (χ1n) is 12.4. The van der Waals surface area contributed by atoms with Crippen LogP contribution in [0.15, 0.2) is 39.8 Å². The second kappa shape index (κ2) is 8.99. The Bertz CT molecular complexity index is 1510. The van der Waals surface area contributed by atoms with Crippen molar-refractivity contribution in [3.63, 3.8) is 0 Å². The molecular formula is C28H36N2O5S. The fourth-order valence-corrected chi connectivity index (χ4v) is 7.20. The van der Waals surface area contributed by atoms with Crippen LogP contribution in [-0.4, -0.2) is 35.3 Å². The molecule has 8 heteroatoms. The van der Waals surface area contributed by atoms with E-state index in [0.717, 1.165) is 11.0 Å². The summed E-state index contributed by atoms with van der Waals surface area (Å²) >= 11 is 0. The third-order valence-electron chi connectivity index (χ3n) is 7.36. The summed E-state index contributed by atoms with van der Waals surface area (Å²) in [5.41, 5.74) is 2.36. The van der Waals surface area contributed by atoms with Gasteiger partial charge in [-0.25, -0.2) is 9.97 Å². The number of fused-ring (bicyclic) bond motifs is 3. The highest BCUT2D eigenvalue weighted by atomic mass is 32.2. The topological polar surface area (TPSA) is 103 Å². The van der Waals surface area contributed by atoms with Gasteiger partial charge in [-0.2, -0.15) is 8.42 Å². The zero-order chi connectivity index (χ0) is 26.7. The Morgan fingerprint density at radius 2 is 1.69 bits per heavy atom. The molecule has 1 aliphatic carbocycles. The molecule has 194 valence electrons. The summed E-state index contributed by atoms with van der Waals surface area (Å²) in [6, 6.07) is 3.74. The summed E-state index contributed by atoms with van der Waals surface area (Å²) in [6.45, 7) is 15.7. The third kappa shape index (κ3) is 4.04. The summed E-state index contributed by atoms with van der Waals surface area (Å²) in [4.78, 5) is 9.67. The van der Waals surface area contributed by atoms with Crippen LogP contribution in [0.25, 0.3) is 21.9 Å². The van der Waals surface area contributed by atoms with Gasteiger partial charge in [0.15, 0.2) is 11.3 Å². The largest absolute Gasteiger partial charge is 0.493 e. The lowest BCUT2D eigenvalue weighted by molar-refractivity contribution is 0.337. The van der Waals surface area contributed by atoms with Gasteiger partial charge in [0.25, 0.3) is 10.1 Å². The number of aromatic nitrogens is 2. The van der Waals surface area contributed by atoms with Crippen molar-refractivity contribution in [3.05, 3.63) is 52.7 Å². The molecule has 4 rings (SSSR count). The first kappa shape index (κ1) is 26.4. The van der Waals surface area contributed by atoms with Crippen molar-refractivity contribution in [2.24, 2.45) is 17.8 Å². The normalized spacial score (nSPS) is 21.1. The first-order valence-corrected chi connectivity index (χ1v) is 13.9. The van der Waals surface area contributed by atoms with Crippen LogP contribution in [-0.2, 0) is 15.5 Å². The Labute approximate surface area is 213 Å². The van der Waals surface area contributed by atoms with E-state index in [1.807, 2.05) is 58.9 Å². The molecule has 3 aromatic rings. The minimum atomic E-state index is -4.53. The number of hydrogen-bond acceptors (Lipinski definition) is 6. The zero-order valence-electron chi connectivity index (χ0n) is 22.5. The zero-order valence-corrected chi connectivity index (χ0v) is 23.3. The highest BCUT2D eigenvalue weighted by molar-refractivity contribution is 7.86. The van der Waals surface area contributed by atoms with E-state index in [2.05, 4.69) is 13.8 Å². The van der Waals surface area contributed by atoms with Gasteiger partial charge in [0, 0.05) is 5.39 Å². The Morgan fingerprint density at radius 3 is 2.22 bits per heavy atom. The van der Waals surface area contributed by atoms with Gasteiger partial charge >= 0.3 is 0 Å². The van der Waals surface area contributed by atoms with E-state index in [-0.39, 0.29) is 17.8 Å². The molecule has 0 saturated heterocycles. The average molecular weight is 513 g/mol. The fourth-order valence-electron chi connectivity index (χ4n) is 5.57. The minimum absolute atomic E-state index is 0.107. The molecule has 0 saturated carbocycles. The summed E-state index contributed by atoms with van der Waals surface area (Å²) in [6.07, 6.45) is 3.97. The van der Waals surface area contributed by atoms with Crippen LogP contribution in [0.3, 0.4) is 0 Å². The van der Waals surface area contributed by atoms with Gasteiger partial charge in [-0.1, -0.05) is 53.7 Å². The standard InChI is InChI=1S/C28H36N2O5S/c1-14(2)19-11-20(15(3)4)27(36(31,32)33)28(13-19,16(5)6)26-22-12-23(34-9)25-21(10-17(7)35-25)24(22)29-18(8)30-26/h10-16,27H,1-9H3,(H,31,32,33). The Hall–Kier alpha value is -2.71. The molecule has 0 amide bonds. The summed E-state index contributed by atoms with van der Waals surface area (Å²) in [7, 11) is -2.96. The highest BCUT2D eigenvalue weighted by Crippen LogP contribution is 2.51. The molecule has 2 aromatic heterocycles. The maximum atomic E-state index is 13.2. The predicted octanol–water partition coefficient (Wildman–Crippen LogP) is 6.33. The van der Waals surface area contributed by atoms with Gasteiger partial charge in [-0.3, -0.25) is 4.55 Å². The van der Waals surface area contributed by atoms with Crippen molar-refractivity contribution >= 4 is 32.0 Å². The van der Waals surface area contributed by atoms with Crippen LogP contribution in [0.4, 0.5) is 0 Å².